The van der Waals surface area contributed by atoms with E-state index in [1.165, 1.54) is 10.6 Å². The molecule has 0 radical (unpaired) electrons. The molecule has 1 aromatic rings. The maximum Gasteiger partial charge on any atom is 0.121 e. The van der Waals surface area contributed by atoms with Gasteiger partial charge >= 0.3 is 0 Å². The Morgan fingerprint density at radius 1 is 1.46 bits per heavy atom. The third kappa shape index (κ3) is 1.29. The van der Waals surface area contributed by atoms with Crippen molar-refractivity contribution < 1.29 is 4.74 Å². The zero-order valence-corrected chi connectivity index (χ0v) is 8.52. The number of rotatable bonds is 1. The van der Waals surface area contributed by atoms with Crippen molar-refractivity contribution in [2.24, 2.45) is 0 Å². The molecule has 0 saturated carbocycles. The molecule has 2 nitrogen and oxygen atoms in total. The summed E-state index contributed by atoms with van der Waals surface area (Å²) in [4.78, 5) is 3.32. The van der Waals surface area contributed by atoms with Crippen LogP contribution in [0.5, 0.6) is 5.75 Å². The number of hydrogen-bond donors (Lipinski definition) is 0. The maximum atomic E-state index is 5.16. The third-order valence-corrected chi connectivity index (χ3v) is 3.20. The molecular formula is C10H11NOS. The lowest BCUT2D eigenvalue weighted by molar-refractivity contribution is 0.414. The molecule has 3 heteroatoms. The maximum absolute atomic E-state index is 5.16. The Bertz CT molecular complexity index is 362. The van der Waals surface area contributed by atoms with Crippen molar-refractivity contribution in [2.45, 2.75) is 4.90 Å². The van der Waals surface area contributed by atoms with Gasteiger partial charge in [0.15, 0.2) is 0 Å². The summed E-state index contributed by atoms with van der Waals surface area (Å²) in [6, 6.07) is 6.06. The normalized spacial score (nSPS) is 14.6. The summed E-state index contributed by atoms with van der Waals surface area (Å²) in [5, 5.41) is 1.06. The largest absolute Gasteiger partial charge is 0.497 e. The van der Waals surface area contributed by atoms with Gasteiger partial charge in [-0.3, -0.25) is 0 Å². The Morgan fingerprint density at radius 2 is 2.23 bits per heavy atom. The van der Waals surface area contributed by atoms with Crippen LogP contribution in [0.1, 0.15) is 0 Å². The number of nitrogens with zero attached hydrogens (tertiary/aromatic N) is 1. The van der Waals surface area contributed by atoms with E-state index in [1.807, 2.05) is 19.2 Å². The van der Waals surface area contributed by atoms with Crippen molar-refractivity contribution in [3.05, 3.63) is 29.8 Å². The highest BCUT2D eigenvalue weighted by molar-refractivity contribution is 8.03. The molecule has 0 bridgehead atoms. The fourth-order valence-electron chi connectivity index (χ4n) is 1.30. The van der Waals surface area contributed by atoms with Gasteiger partial charge in [0.1, 0.15) is 5.75 Å². The van der Waals surface area contributed by atoms with Crippen LogP contribution in [0.3, 0.4) is 0 Å². The molecule has 0 aliphatic carbocycles. The molecular weight excluding hydrogens is 182 g/mol. The van der Waals surface area contributed by atoms with Gasteiger partial charge in [0, 0.05) is 18.0 Å². The highest BCUT2D eigenvalue weighted by Crippen LogP contribution is 2.45. The fourth-order valence-corrected chi connectivity index (χ4v) is 2.23. The smallest absolute Gasteiger partial charge is 0.121 e. The summed E-state index contributed by atoms with van der Waals surface area (Å²) in [7, 11) is 3.69. The van der Waals surface area contributed by atoms with Gasteiger partial charge < -0.3 is 9.64 Å². The van der Waals surface area contributed by atoms with Crippen LogP contribution in [0, 0.1) is 0 Å². The standard InChI is InChI=1S/C10H11NOS/c1-7-11(2)9-6-8(12-3)4-5-10(9)13-7/h4-6H,1H2,2-3H3. The molecule has 0 amide bonds. The Hall–Kier alpha value is -1.09. The molecule has 1 aliphatic rings. The number of benzene rings is 1. The minimum atomic E-state index is 0.890. The Morgan fingerprint density at radius 3 is 2.92 bits per heavy atom. The Labute approximate surface area is 82.2 Å². The van der Waals surface area contributed by atoms with Crippen molar-refractivity contribution in [1.29, 1.82) is 0 Å². The van der Waals surface area contributed by atoms with E-state index in [0.717, 1.165) is 10.8 Å². The van der Waals surface area contributed by atoms with Crippen molar-refractivity contribution >= 4 is 17.4 Å². The first-order chi connectivity index (χ1) is 6.22. The quantitative estimate of drug-likeness (QED) is 0.680. The predicted molar refractivity (Wildman–Crippen MR) is 56.4 cm³/mol. The van der Waals surface area contributed by atoms with Gasteiger partial charge in [-0.05, 0) is 12.1 Å². The first-order valence-corrected chi connectivity index (χ1v) is 4.82. The molecule has 2 rings (SSSR count). The van der Waals surface area contributed by atoms with E-state index < -0.39 is 0 Å². The molecule has 1 heterocycles. The lowest BCUT2D eigenvalue weighted by atomic mass is 10.3. The van der Waals surface area contributed by atoms with E-state index in [-0.39, 0.29) is 0 Å². The zero-order chi connectivity index (χ0) is 9.42. The molecule has 0 atom stereocenters. The highest BCUT2D eigenvalue weighted by atomic mass is 32.2. The topological polar surface area (TPSA) is 12.5 Å². The van der Waals surface area contributed by atoms with Gasteiger partial charge in [-0.1, -0.05) is 18.3 Å². The second-order valence-corrected chi connectivity index (χ2v) is 4.00. The molecule has 68 valence electrons. The van der Waals surface area contributed by atoms with Crippen molar-refractivity contribution in [3.63, 3.8) is 0 Å². The van der Waals surface area contributed by atoms with Crippen LogP contribution >= 0.6 is 11.8 Å². The van der Waals surface area contributed by atoms with E-state index in [9.17, 15) is 0 Å². The lowest BCUT2D eigenvalue weighted by Gasteiger charge is -2.12. The SMILES string of the molecule is C=C1Sc2ccc(OC)cc2N1C. The fraction of sp³-hybridized carbons (Fsp3) is 0.200. The van der Waals surface area contributed by atoms with Gasteiger partial charge in [0.25, 0.3) is 0 Å². The molecule has 13 heavy (non-hydrogen) atoms. The molecule has 0 unspecified atom stereocenters. The van der Waals surface area contributed by atoms with Crippen LogP contribution in [-0.2, 0) is 0 Å². The van der Waals surface area contributed by atoms with Gasteiger partial charge in [0.2, 0.25) is 0 Å². The van der Waals surface area contributed by atoms with Gasteiger partial charge in [-0.25, -0.2) is 0 Å². The van der Waals surface area contributed by atoms with E-state index in [2.05, 4.69) is 17.5 Å². The summed E-state index contributed by atoms with van der Waals surface area (Å²) >= 11 is 1.69. The predicted octanol–water partition coefficient (Wildman–Crippen LogP) is 2.71. The molecule has 0 fully saturated rings. The number of thioether (sulfide) groups is 1. The summed E-state index contributed by atoms with van der Waals surface area (Å²) < 4.78 is 5.16. The van der Waals surface area contributed by atoms with Crippen molar-refractivity contribution in [3.8, 4) is 5.75 Å². The van der Waals surface area contributed by atoms with Crippen LogP contribution < -0.4 is 9.64 Å². The molecule has 0 N–H and O–H groups in total. The third-order valence-electron chi connectivity index (χ3n) is 2.13. The summed E-state index contributed by atoms with van der Waals surface area (Å²) in [6.45, 7) is 3.95. The molecule has 1 aromatic carbocycles. The zero-order valence-electron chi connectivity index (χ0n) is 7.70. The highest BCUT2D eigenvalue weighted by Gasteiger charge is 2.20. The monoisotopic (exact) mass is 193 g/mol. The summed E-state index contributed by atoms with van der Waals surface area (Å²) in [6.07, 6.45) is 0. The summed E-state index contributed by atoms with van der Waals surface area (Å²) in [5.74, 6) is 0.890. The molecule has 0 saturated heterocycles. The second kappa shape index (κ2) is 3.00. The minimum Gasteiger partial charge on any atom is -0.497 e. The lowest BCUT2D eigenvalue weighted by Crippen LogP contribution is -2.08. The number of anilines is 1. The first-order valence-electron chi connectivity index (χ1n) is 4.01. The van der Waals surface area contributed by atoms with Crippen molar-refractivity contribution in [2.75, 3.05) is 19.1 Å². The minimum absolute atomic E-state index is 0.890. The van der Waals surface area contributed by atoms with Gasteiger partial charge in [-0.15, -0.1) is 0 Å². The number of ether oxygens (including phenoxy) is 1. The Kier molecular flexibility index (Phi) is 1.96. The Balaban J connectivity index is 2.47. The van der Waals surface area contributed by atoms with E-state index >= 15 is 0 Å². The molecule has 1 aliphatic heterocycles. The first kappa shape index (κ1) is 8.51. The van der Waals surface area contributed by atoms with E-state index in [0.29, 0.717) is 0 Å². The van der Waals surface area contributed by atoms with Crippen LogP contribution in [0.25, 0.3) is 0 Å². The van der Waals surface area contributed by atoms with Crippen molar-refractivity contribution in [1.82, 2.24) is 0 Å². The van der Waals surface area contributed by atoms with Gasteiger partial charge in [0.05, 0.1) is 17.8 Å². The van der Waals surface area contributed by atoms with Crippen LogP contribution in [-0.4, -0.2) is 14.2 Å². The van der Waals surface area contributed by atoms with Crippen LogP contribution in [0.4, 0.5) is 5.69 Å². The molecule has 0 aromatic heterocycles. The molecule has 0 spiro atoms. The second-order valence-electron chi connectivity index (χ2n) is 2.89. The van der Waals surface area contributed by atoms with Crippen LogP contribution in [0.2, 0.25) is 0 Å². The summed E-state index contributed by atoms with van der Waals surface area (Å²) in [5.41, 5.74) is 1.18. The van der Waals surface area contributed by atoms with Crippen LogP contribution in [0.15, 0.2) is 34.7 Å². The average molecular weight is 193 g/mol. The number of fused-ring (bicyclic) bond motifs is 1. The van der Waals surface area contributed by atoms with E-state index in [4.69, 9.17) is 4.74 Å². The number of methoxy groups -OCH3 is 1. The number of hydrogen-bond acceptors (Lipinski definition) is 3. The van der Waals surface area contributed by atoms with Gasteiger partial charge in [-0.2, -0.15) is 0 Å². The average Bonchev–Trinajstić information content (AvgIpc) is 2.43. The van der Waals surface area contributed by atoms with E-state index in [1.54, 1.807) is 18.9 Å².